The minimum atomic E-state index is -0.740. The van der Waals surface area contributed by atoms with Crippen molar-refractivity contribution in [3.8, 4) is 0 Å². The van der Waals surface area contributed by atoms with Crippen molar-refractivity contribution in [2.45, 2.75) is 32.4 Å². The molecule has 3 rings (SSSR count). The van der Waals surface area contributed by atoms with Crippen LogP contribution in [0.15, 0.2) is 48.5 Å². The second-order valence-corrected chi connectivity index (χ2v) is 6.88. The molecule has 0 spiro atoms. The molecule has 3 aromatic rings. The third-order valence-corrected chi connectivity index (χ3v) is 4.67. The van der Waals surface area contributed by atoms with Gasteiger partial charge >= 0.3 is 0 Å². The van der Waals surface area contributed by atoms with Gasteiger partial charge in [0.1, 0.15) is 0 Å². The van der Waals surface area contributed by atoms with Gasteiger partial charge in [-0.05, 0) is 54.7 Å². The highest BCUT2D eigenvalue weighted by Gasteiger charge is 2.13. The van der Waals surface area contributed by atoms with Gasteiger partial charge in [-0.2, -0.15) is 0 Å². The molecule has 0 aliphatic rings. The van der Waals surface area contributed by atoms with Crippen molar-refractivity contribution in [1.29, 1.82) is 0 Å². The van der Waals surface area contributed by atoms with Gasteiger partial charge in [0.05, 0.1) is 18.2 Å². The number of carbonyl (C=O) groups is 1. The highest BCUT2D eigenvalue weighted by atomic mass is 16.3. The lowest BCUT2D eigenvalue weighted by Gasteiger charge is -2.13. The van der Waals surface area contributed by atoms with Crippen molar-refractivity contribution in [2.75, 3.05) is 11.9 Å². The van der Waals surface area contributed by atoms with E-state index < -0.39 is 6.04 Å². The van der Waals surface area contributed by atoms with E-state index in [1.165, 1.54) is 0 Å². The minimum absolute atomic E-state index is 0.0288. The fourth-order valence-corrected chi connectivity index (χ4v) is 3.28. The Morgan fingerprint density at radius 2 is 1.93 bits per heavy atom. The van der Waals surface area contributed by atoms with Gasteiger partial charge < -0.3 is 21.3 Å². The van der Waals surface area contributed by atoms with Crippen LogP contribution in [0.3, 0.4) is 0 Å². The van der Waals surface area contributed by atoms with E-state index in [1.54, 1.807) is 0 Å². The summed E-state index contributed by atoms with van der Waals surface area (Å²) in [5.41, 5.74) is 11.1. The molecule has 0 unspecified atom stereocenters. The summed E-state index contributed by atoms with van der Waals surface area (Å²) in [6, 6.07) is 14.7. The summed E-state index contributed by atoms with van der Waals surface area (Å²) >= 11 is 0. The first-order valence-electron chi connectivity index (χ1n) is 9.27. The third kappa shape index (κ3) is 4.54. The number of carbonyl (C=O) groups excluding carboxylic acids is 1. The number of hydrogen-bond acceptors (Lipinski definition) is 5. The smallest absolute Gasteiger partial charge is 0.241 e. The Morgan fingerprint density at radius 3 is 2.68 bits per heavy atom. The Bertz CT molecular complexity index is 988. The van der Waals surface area contributed by atoms with Crippen molar-refractivity contribution >= 4 is 22.5 Å². The van der Waals surface area contributed by atoms with Crippen LogP contribution in [0.1, 0.15) is 28.8 Å². The summed E-state index contributed by atoms with van der Waals surface area (Å²) in [6.45, 7) is 1.76. The van der Waals surface area contributed by atoms with E-state index >= 15 is 0 Å². The number of benzene rings is 2. The molecule has 0 aliphatic heterocycles. The molecule has 0 radical (unpaired) electrons. The standard InChI is InChI=1S/C22H25N3O3/c1-14-10-17(13-27)19-7-3-5-16(21(19)24-14)11-15-4-2-6-18(12-15)25-22(28)20(23)8-9-26/h2-7,10,12,20,26-27H,8-9,11,13,23H2,1H3,(H,25,28)/t20-/m1/s1. The molecule has 1 amide bonds. The van der Waals surface area contributed by atoms with E-state index in [0.717, 1.165) is 33.3 Å². The van der Waals surface area contributed by atoms with Gasteiger partial charge in [0.15, 0.2) is 0 Å². The first-order valence-corrected chi connectivity index (χ1v) is 9.27. The Kier molecular flexibility index (Phi) is 6.36. The van der Waals surface area contributed by atoms with Gasteiger partial charge in [0.25, 0.3) is 0 Å². The Hall–Kier alpha value is -2.80. The molecule has 1 heterocycles. The molecule has 28 heavy (non-hydrogen) atoms. The first kappa shape index (κ1) is 19.9. The van der Waals surface area contributed by atoms with E-state index in [-0.39, 0.29) is 25.5 Å². The first-order chi connectivity index (χ1) is 13.5. The van der Waals surface area contributed by atoms with Crippen molar-refractivity contribution in [3.63, 3.8) is 0 Å². The zero-order valence-corrected chi connectivity index (χ0v) is 15.9. The average molecular weight is 379 g/mol. The monoisotopic (exact) mass is 379 g/mol. The molecule has 0 bridgehead atoms. The van der Waals surface area contributed by atoms with E-state index in [0.29, 0.717) is 12.1 Å². The Morgan fingerprint density at radius 1 is 1.14 bits per heavy atom. The zero-order valence-electron chi connectivity index (χ0n) is 15.9. The number of aliphatic hydroxyl groups is 2. The number of anilines is 1. The second kappa shape index (κ2) is 8.93. The lowest BCUT2D eigenvalue weighted by molar-refractivity contribution is -0.117. The van der Waals surface area contributed by atoms with Crippen LogP contribution in [-0.2, 0) is 17.8 Å². The number of aryl methyl sites for hydroxylation is 1. The molecule has 146 valence electrons. The van der Waals surface area contributed by atoms with Gasteiger partial charge in [-0.15, -0.1) is 0 Å². The molecular formula is C22H25N3O3. The molecular weight excluding hydrogens is 354 g/mol. The number of amides is 1. The van der Waals surface area contributed by atoms with Crippen LogP contribution in [0, 0.1) is 6.92 Å². The number of fused-ring (bicyclic) bond motifs is 1. The zero-order chi connectivity index (χ0) is 20.1. The molecule has 2 aromatic carbocycles. The fraction of sp³-hybridized carbons (Fsp3) is 0.273. The molecule has 0 fully saturated rings. The molecule has 5 N–H and O–H groups in total. The Labute approximate surface area is 164 Å². The number of aliphatic hydroxyl groups excluding tert-OH is 2. The average Bonchev–Trinajstić information content (AvgIpc) is 2.68. The number of pyridine rings is 1. The maximum absolute atomic E-state index is 12.1. The quantitative estimate of drug-likeness (QED) is 0.504. The van der Waals surface area contributed by atoms with Crippen molar-refractivity contribution in [3.05, 3.63) is 70.9 Å². The minimum Gasteiger partial charge on any atom is -0.396 e. The maximum atomic E-state index is 12.1. The number of hydrogen-bond donors (Lipinski definition) is 4. The Balaban J connectivity index is 1.87. The number of nitrogens with zero attached hydrogens (tertiary/aromatic N) is 1. The van der Waals surface area contributed by atoms with Crippen LogP contribution in [0.5, 0.6) is 0 Å². The van der Waals surface area contributed by atoms with Crippen LogP contribution >= 0.6 is 0 Å². The van der Waals surface area contributed by atoms with Crippen molar-refractivity contribution in [1.82, 2.24) is 4.98 Å². The van der Waals surface area contributed by atoms with E-state index in [2.05, 4.69) is 10.3 Å². The molecule has 1 atom stereocenters. The molecule has 0 aliphatic carbocycles. The van der Waals surface area contributed by atoms with Gasteiger partial charge in [0.2, 0.25) is 5.91 Å². The van der Waals surface area contributed by atoms with Crippen molar-refractivity contribution < 1.29 is 15.0 Å². The summed E-state index contributed by atoms with van der Waals surface area (Å²) in [6.07, 6.45) is 0.866. The molecule has 6 heteroatoms. The largest absolute Gasteiger partial charge is 0.396 e. The lowest BCUT2D eigenvalue weighted by Crippen LogP contribution is -2.36. The number of nitrogens with one attached hydrogen (secondary N) is 1. The molecule has 0 saturated heterocycles. The van der Waals surface area contributed by atoms with E-state index in [1.807, 2.05) is 55.5 Å². The fourth-order valence-electron chi connectivity index (χ4n) is 3.28. The van der Waals surface area contributed by atoms with E-state index in [4.69, 9.17) is 10.8 Å². The maximum Gasteiger partial charge on any atom is 0.241 e. The summed E-state index contributed by atoms with van der Waals surface area (Å²) < 4.78 is 0. The van der Waals surface area contributed by atoms with Crippen LogP contribution in [0.25, 0.3) is 10.9 Å². The lowest BCUT2D eigenvalue weighted by atomic mass is 9.99. The van der Waals surface area contributed by atoms with Crippen LogP contribution in [0.4, 0.5) is 5.69 Å². The number of nitrogens with two attached hydrogens (primary N) is 1. The van der Waals surface area contributed by atoms with Crippen LogP contribution < -0.4 is 11.1 Å². The van der Waals surface area contributed by atoms with Gasteiger partial charge in [-0.3, -0.25) is 9.78 Å². The highest BCUT2D eigenvalue weighted by molar-refractivity contribution is 5.94. The summed E-state index contributed by atoms with van der Waals surface area (Å²) in [5, 5.41) is 22.3. The summed E-state index contributed by atoms with van der Waals surface area (Å²) in [4.78, 5) is 16.7. The second-order valence-electron chi connectivity index (χ2n) is 6.88. The third-order valence-electron chi connectivity index (χ3n) is 4.67. The number of aromatic nitrogens is 1. The van der Waals surface area contributed by atoms with E-state index in [9.17, 15) is 9.90 Å². The van der Waals surface area contributed by atoms with Crippen molar-refractivity contribution in [2.24, 2.45) is 5.73 Å². The van der Waals surface area contributed by atoms with Gasteiger partial charge in [-0.1, -0.05) is 30.3 Å². The highest BCUT2D eigenvalue weighted by Crippen LogP contribution is 2.24. The van der Waals surface area contributed by atoms with Gasteiger partial charge in [0, 0.05) is 23.4 Å². The summed E-state index contributed by atoms with van der Waals surface area (Å²) in [5.74, 6) is -0.318. The van der Waals surface area contributed by atoms with Crippen LogP contribution in [-0.4, -0.2) is 33.8 Å². The molecule has 0 saturated carbocycles. The predicted molar refractivity (Wildman–Crippen MR) is 110 cm³/mol. The number of rotatable bonds is 7. The number of para-hydroxylation sites is 1. The normalized spacial score (nSPS) is 12.1. The van der Waals surface area contributed by atoms with Gasteiger partial charge in [-0.25, -0.2) is 0 Å². The molecule has 1 aromatic heterocycles. The van der Waals surface area contributed by atoms with Crippen LogP contribution in [0.2, 0.25) is 0 Å². The molecule has 6 nitrogen and oxygen atoms in total. The predicted octanol–water partition coefficient (Wildman–Crippen LogP) is 2.27. The summed E-state index contributed by atoms with van der Waals surface area (Å²) in [7, 11) is 0. The SMILES string of the molecule is Cc1cc(CO)c2cccc(Cc3cccc(NC(=O)[C@H](N)CCO)c3)c2n1. The topological polar surface area (TPSA) is 108 Å².